The number of sulfone groups is 1. The summed E-state index contributed by atoms with van der Waals surface area (Å²) in [4.78, 5) is 5.25. The first-order valence-electron chi connectivity index (χ1n) is 6.06. The molecule has 1 aromatic heterocycles. The molecule has 0 radical (unpaired) electrons. The van der Waals surface area contributed by atoms with Crippen molar-refractivity contribution in [1.82, 2.24) is 4.98 Å². The van der Waals surface area contributed by atoms with E-state index >= 15 is 0 Å². The van der Waals surface area contributed by atoms with Crippen molar-refractivity contribution >= 4 is 21.2 Å². The fourth-order valence-electron chi connectivity index (χ4n) is 1.54. The van der Waals surface area contributed by atoms with Gasteiger partial charge in [-0.15, -0.1) is 11.3 Å². The Labute approximate surface area is 119 Å². The molecule has 0 spiro atoms. The molecule has 0 aliphatic carbocycles. The lowest BCUT2D eigenvalue weighted by Gasteiger charge is -2.17. The lowest BCUT2D eigenvalue weighted by molar-refractivity contribution is 0.180. The second-order valence-electron chi connectivity index (χ2n) is 5.39. The van der Waals surface area contributed by atoms with Gasteiger partial charge < -0.3 is 10.5 Å². The predicted molar refractivity (Wildman–Crippen MR) is 77.8 cm³/mol. The summed E-state index contributed by atoms with van der Waals surface area (Å²) in [5.41, 5.74) is 6.27. The molecule has 0 aromatic carbocycles. The average molecular weight is 306 g/mol. The molecule has 0 saturated heterocycles. The SMILES string of the molecule is COCc1nc(CS(=O)(=O)C(C)C)sc1C(C)(C)N. The van der Waals surface area contributed by atoms with Crippen LogP contribution in [0.4, 0.5) is 0 Å². The van der Waals surface area contributed by atoms with Crippen molar-refractivity contribution in [2.75, 3.05) is 7.11 Å². The van der Waals surface area contributed by atoms with Gasteiger partial charge in [-0.3, -0.25) is 0 Å². The Morgan fingerprint density at radius 2 is 2.00 bits per heavy atom. The van der Waals surface area contributed by atoms with Gasteiger partial charge in [-0.25, -0.2) is 13.4 Å². The Hall–Kier alpha value is -0.500. The van der Waals surface area contributed by atoms with Gasteiger partial charge in [0.05, 0.1) is 17.6 Å². The fraction of sp³-hybridized carbons (Fsp3) is 0.750. The molecule has 110 valence electrons. The molecule has 7 heteroatoms. The van der Waals surface area contributed by atoms with Crippen LogP contribution in [0, 0.1) is 0 Å². The van der Waals surface area contributed by atoms with Gasteiger partial charge in [0.25, 0.3) is 0 Å². The molecule has 0 unspecified atom stereocenters. The zero-order chi connectivity index (χ0) is 14.8. The summed E-state index contributed by atoms with van der Waals surface area (Å²) in [6.45, 7) is 7.44. The second-order valence-corrected chi connectivity index (χ2v) is 9.03. The summed E-state index contributed by atoms with van der Waals surface area (Å²) in [6.07, 6.45) is 0. The van der Waals surface area contributed by atoms with Crippen LogP contribution < -0.4 is 5.73 Å². The molecular formula is C12H22N2O3S2. The second kappa shape index (κ2) is 5.87. The number of methoxy groups -OCH3 is 1. The Kier molecular flexibility index (Phi) is 5.11. The minimum atomic E-state index is -3.15. The normalized spacial score (nSPS) is 13.2. The van der Waals surface area contributed by atoms with Gasteiger partial charge in [-0.05, 0) is 27.7 Å². The largest absolute Gasteiger partial charge is 0.378 e. The van der Waals surface area contributed by atoms with Gasteiger partial charge >= 0.3 is 0 Å². The Bertz CT molecular complexity index is 528. The molecule has 0 bridgehead atoms. The van der Waals surface area contributed by atoms with Crippen LogP contribution >= 0.6 is 11.3 Å². The molecule has 1 rings (SSSR count). The van der Waals surface area contributed by atoms with Crippen LogP contribution in [0.2, 0.25) is 0 Å². The third-order valence-electron chi connectivity index (χ3n) is 2.65. The smallest absolute Gasteiger partial charge is 0.159 e. The Balaban J connectivity index is 3.12. The fourth-order valence-corrected chi connectivity index (χ4v) is 3.89. The van der Waals surface area contributed by atoms with Crippen LogP contribution in [-0.4, -0.2) is 25.8 Å². The maximum atomic E-state index is 11.9. The van der Waals surface area contributed by atoms with Crippen LogP contribution in [0.3, 0.4) is 0 Å². The van der Waals surface area contributed by atoms with Crippen LogP contribution in [-0.2, 0) is 32.5 Å². The summed E-state index contributed by atoms with van der Waals surface area (Å²) < 4.78 is 29.0. The molecule has 0 aliphatic rings. The quantitative estimate of drug-likeness (QED) is 0.866. The standard InChI is InChI=1S/C12H22N2O3S2/c1-8(2)19(15,16)7-10-14-9(6-17-5)11(18-10)12(3,4)13/h8H,6-7,13H2,1-5H3. The van der Waals surface area contributed by atoms with Gasteiger partial charge in [0.15, 0.2) is 9.84 Å². The number of thiazole rings is 1. The monoisotopic (exact) mass is 306 g/mol. The highest BCUT2D eigenvalue weighted by atomic mass is 32.2. The van der Waals surface area contributed by atoms with E-state index in [9.17, 15) is 8.42 Å². The van der Waals surface area contributed by atoms with Crippen LogP contribution in [0.1, 0.15) is 43.3 Å². The summed E-state index contributed by atoms with van der Waals surface area (Å²) in [6, 6.07) is 0. The number of hydrogen-bond acceptors (Lipinski definition) is 6. The molecule has 0 saturated carbocycles. The van der Waals surface area contributed by atoms with Crippen molar-refractivity contribution in [2.45, 2.75) is 50.8 Å². The zero-order valence-electron chi connectivity index (χ0n) is 12.1. The Morgan fingerprint density at radius 3 is 2.42 bits per heavy atom. The number of aromatic nitrogens is 1. The third kappa shape index (κ3) is 4.24. The van der Waals surface area contributed by atoms with E-state index in [2.05, 4.69) is 4.98 Å². The van der Waals surface area contributed by atoms with E-state index in [4.69, 9.17) is 10.5 Å². The van der Waals surface area contributed by atoms with E-state index in [0.29, 0.717) is 11.6 Å². The maximum absolute atomic E-state index is 11.9. The van der Waals surface area contributed by atoms with Crippen molar-refractivity contribution in [3.63, 3.8) is 0 Å². The molecule has 1 aromatic rings. The molecule has 0 atom stereocenters. The van der Waals surface area contributed by atoms with Gasteiger partial charge in [-0.2, -0.15) is 0 Å². The topological polar surface area (TPSA) is 82.3 Å². The lowest BCUT2D eigenvalue weighted by atomic mass is 10.0. The maximum Gasteiger partial charge on any atom is 0.159 e. The summed E-state index contributed by atoms with van der Waals surface area (Å²) in [7, 11) is -1.57. The molecule has 0 aliphatic heterocycles. The zero-order valence-corrected chi connectivity index (χ0v) is 13.7. The molecule has 1 heterocycles. The van der Waals surface area contributed by atoms with Crippen LogP contribution in [0.15, 0.2) is 0 Å². The number of nitrogens with two attached hydrogens (primary N) is 1. The molecular weight excluding hydrogens is 284 g/mol. The number of ether oxygens (including phenoxy) is 1. The summed E-state index contributed by atoms with van der Waals surface area (Å²) in [5.74, 6) is -0.0396. The molecule has 0 fully saturated rings. The van der Waals surface area contributed by atoms with E-state index < -0.39 is 20.6 Å². The molecule has 19 heavy (non-hydrogen) atoms. The van der Waals surface area contributed by atoms with E-state index in [1.807, 2.05) is 13.8 Å². The number of nitrogens with zero attached hydrogens (tertiary/aromatic N) is 1. The lowest BCUT2D eigenvalue weighted by Crippen LogP contribution is -2.28. The van der Waals surface area contributed by atoms with Crippen LogP contribution in [0.25, 0.3) is 0 Å². The molecule has 5 nitrogen and oxygen atoms in total. The van der Waals surface area contributed by atoms with E-state index in [1.54, 1.807) is 21.0 Å². The molecule has 0 amide bonds. The minimum Gasteiger partial charge on any atom is -0.378 e. The van der Waals surface area contributed by atoms with Crippen molar-refractivity contribution < 1.29 is 13.2 Å². The summed E-state index contributed by atoms with van der Waals surface area (Å²) in [5, 5.41) is 0.172. The van der Waals surface area contributed by atoms with Gasteiger partial charge in [0.2, 0.25) is 0 Å². The van der Waals surface area contributed by atoms with Gasteiger partial charge in [0.1, 0.15) is 10.8 Å². The van der Waals surface area contributed by atoms with Crippen molar-refractivity contribution in [3.05, 3.63) is 15.6 Å². The van der Waals surface area contributed by atoms with Crippen molar-refractivity contribution in [3.8, 4) is 0 Å². The first-order chi connectivity index (χ1) is 8.58. The third-order valence-corrected chi connectivity index (χ3v) is 6.38. The van der Waals surface area contributed by atoms with Crippen molar-refractivity contribution in [2.24, 2.45) is 5.73 Å². The van der Waals surface area contributed by atoms with E-state index in [-0.39, 0.29) is 5.75 Å². The van der Waals surface area contributed by atoms with Crippen molar-refractivity contribution in [1.29, 1.82) is 0 Å². The summed E-state index contributed by atoms with van der Waals surface area (Å²) >= 11 is 1.36. The highest BCUT2D eigenvalue weighted by Crippen LogP contribution is 2.30. The minimum absolute atomic E-state index is 0.0396. The van der Waals surface area contributed by atoms with Gasteiger partial charge in [-0.1, -0.05) is 0 Å². The predicted octanol–water partition coefficient (Wildman–Crippen LogP) is 1.81. The highest BCUT2D eigenvalue weighted by molar-refractivity contribution is 7.91. The first-order valence-corrected chi connectivity index (χ1v) is 8.59. The molecule has 2 N–H and O–H groups in total. The Morgan fingerprint density at radius 1 is 1.42 bits per heavy atom. The average Bonchev–Trinajstić information content (AvgIpc) is 2.60. The van der Waals surface area contributed by atoms with Gasteiger partial charge in [0, 0.05) is 17.5 Å². The van der Waals surface area contributed by atoms with Crippen LogP contribution in [0.5, 0.6) is 0 Å². The first kappa shape index (κ1) is 16.6. The van der Waals surface area contributed by atoms with E-state index in [0.717, 1.165) is 10.6 Å². The van der Waals surface area contributed by atoms with E-state index in [1.165, 1.54) is 11.3 Å². The number of rotatable bonds is 6. The highest BCUT2D eigenvalue weighted by Gasteiger charge is 2.26. The number of hydrogen-bond donors (Lipinski definition) is 1.